The smallest absolute Gasteiger partial charge is 0.0116 e. The van der Waals surface area contributed by atoms with E-state index in [0.717, 1.165) is 25.8 Å². The third kappa shape index (κ3) is 5.34. The second kappa shape index (κ2) is 8.38. The molecule has 1 heterocycles. The summed E-state index contributed by atoms with van der Waals surface area (Å²) >= 11 is 1.84. The van der Waals surface area contributed by atoms with Gasteiger partial charge in [-0.2, -0.15) is 0 Å². The number of nitrogens with one attached hydrogen (secondary N) is 1. The van der Waals surface area contributed by atoms with E-state index >= 15 is 0 Å². The SMILES string of the molecule is C#CCCCC(Cc1cccs1)NCCC. The topological polar surface area (TPSA) is 12.0 Å². The Morgan fingerprint density at radius 1 is 1.56 bits per heavy atom. The van der Waals surface area contributed by atoms with E-state index in [9.17, 15) is 0 Å². The average molecular weight is 235 g/mol. The van der Waals surface area contributed by atoms with Crippen molar-refractivity contribution in [3.63, 3.8) is 0 Å². The molecule has 0 radical (unpaired) electrons. The van der Waals surface area contributed by atoms with Gasteiger partial charge in [0, 0.05) is 17.3 Å². The first-order chi connectivity index (χ1) is 7.86. The van der Waals surface area contributed by atoms with Gasteiger partial charge in [0.15, 0.2) is 0 Å². The molecule has 1 rings (SSSR count). The van der Waals surface area contributed by atoms with Gasteiger partial charge < -0.3 is 5.32 Å². The van der Waals surface area contributed by atoms with E-state index in [1.807, 2.05) is 11.3 Å². The molecule has 1 atom stereocenters. The molecule has 88 valence electrons. The third-order valence-electron chi connectivity index (χ3n) is 2.58. The zero-order valence-corrected chi connectivity index (χ0v) is 10.9. The van der Waals surface area contributed by atoms with Crippen LogP contribution in [-0.4, -0.2) is 12.6 Å². The first kappa shape index (κ1) is 13.3. The summed E-state index contributed by atoms with van der Waals surface area (Å²) in [6.45, 7) is 3.31. The lowest BCUT2D eigenvalue weighted by Crippen LogP contribution is -2.31. The molecule has 0 aliphatic carbocycles. The van der Waals surface area contributed by atoms with Crippen LogP contribution in [-0.2, 0) is 6.42 Å². The molecule has 1 nitrogen and oxygen atoms in total. The van der Waals surface area contributed by atoms with Crippen molar-refractivity contribution in [2.24, 2.45) is 0 Å². The fraction of sp³-hybridized carbons (Fsp3) is 0.571. The zero-order chi connectivity index (χ0) is 11.6. The minimum absolute atomic E-state index is 0.590. The lowest BCUT2D eigenvalue weighted by Gasteiger charge is -2.17. The summed E-state index contributed by atoms with van der Waals surface area (Å²) in [6.07, 6.45) is 10.8. The van der Waals surface area contributed by atoms with Crippen LogP contribution in [0, 0.1) is 12.3 Å². The van der Waals surface area contributed by atoms with E-state index in [1.54, 1.807) is 0 Å². The van der Waals surface area contributed by atoms with Crippen LogP contribution in [0.5, 0.6) is 0 Å². The maximum Gasteiger partial charge on any atom is 0.0116 e. The summed E-state index contributed by atoms with van der Waals surface area (Å²) in [5, 5.41) is 5.75. The van der Waals surface area contributed by atoms with Crippen molar-refractivity contribution in [1.82, 2.24) is 5.32 Å². The van der Waals surface area contributed by atoms with E-state index in [2.05, 4.69) is 35.7 Å². The van der Waals surface area contributed by atoms with Crippen molar-refractivity contribution in [2.75, 3.05) is 6.54 Å². The van der Waals surface area contributed by atoms with Gasteiger partial charge in [0.05, 0.1) is 0 Å². The van der Waals surface area contributed by atoms with Gasteiger partial charge in [0.1, 0.15) is 0 Å². The first-order valence-electron chi connectivity index (χ1n) is 6.06. The summed E-state index contributed by atoms with van der Waals surface area (Å²) in [6, 6.07) is 4.93. The molecule has 1 N–H and O–H groups in total. The van der Waals surface area contributed by atoms with E-state index in [-0.39, 0.29) is 0 Å². The number of hydrogen-bond acceptors (Lipinski definition) is 2. The molecular weight excluding hydrogens is 214 g/mol. The minimum atomic E-state index is 0.590. The van der Waals surface area contributed by atoms with Crippen LogP contribution < -0.4 is 5.32 Å². The molecular formula is C14H21NS. The van der Waals surface area contributed by atoms with Gasteiger partial charge in [0.25, 0.3) is 0 Å². The molecule has 2 heteroatoms. The molecule has 0 aliphatic heterocycles. The predicted molar refractivity (Wildman–Crippen MR) is 72.8 cm³/mol. The Morgan fingerprint density at radius 2 is 2.44 bits per heavy atom. The van der Waals surface area contributed by atoms with E-state index < -0.39 is 0 Å². The monoisotopic (exact) mass is 235 g/mol. The highest BCUT2D eigenvalue weighted by Crippen LogP contribution is 2.14. The molecule has 0 saturated carbocycles. The molecule has 0 spiro atoms. The zero-order valence-electron chi connectivity index (χ0n) is 10.0. The molecule has 0 bridgehead atoms. The summed E-state index contributed by atoms with van der Waals surface area (Å²) in [4.78, 5) is 1.47. The first-order valence-corrected chi connectivity index (χ1v) is 6.94. The van der Waals surface area contributed by atoms with Crippen LogP contribution in [0.15, 0.2) is 17.5 Å². The van der Waals surface area contributed by atoms with Crippen molar-refractivity contribution in [3.05, 3.63) is 22.4 Å². The summed E-state index contributed by atoms with van der Waals surface area (Å²) < 4.78 is 0. The fourth-order valence-corrected chi connectivity index (χ4v) is 2.53. The van der Waals surface area contributed by atoms with Crippen molar-refractivity contribution >= 4 is 11.3 Å². The number of hydrogen-bond donors (Lipinski definition) is 1. The third-order valence-corrected chi connectivity index (χ3v) is 3.48. The highest BCUT2D eigenvalue weighted by Gasteiger charge is 2.08. The van der Waals surface area contributed by atoms with Crippen LogP contribution in [0.25, 0.3) is 0 Å². The molecule has 1 aromatic rings. The number of unbranched alkanes of at least 4 members (excludes halogenated alkanes) is 1. The van der Waals surface area contributed by atoms with Crippen LogP contribution in [0.4, 0.5) is 0 Å². The van der Waals surface area contributed by atoms with E-state index in [4.69, 9.17) is 6.42 Å². The summed E-state index contributed by atoms with van der Waals surface area (Å²) in [7, 11) is 0. The highest BCUT2D eigenvalue weighted by molar-refractivity contribution is 7.09. The van der Waals surface area contributed by atoms with Crippen LogP contribution >= 0.6 is 11.3 Å². The van der Waals surface area contributed by atoms with Gasteiger partial charge >= 0.3 is 0 Å². The van der Waals surface area contributed by atoms with Gasteiger partial charge in [0.2, 0.25) is 0 Å². The van der Waals surface area contributed by atoms with Crippen molar-refractivity contribution in [3.8, 4) is 12.3 Å². The quantitative estimate of drug-likeness (QED) is 0.537. The Labute approximate surface area is 103 Å². The van der Waals surface area contributed by atoms with Gasteiger partial charge in [-0.05, 0) is 43.7 Å². The number of terminal acetylenes is 1. The largest absolute Gasteiger partial charge is 0.314 e. The van der Waals surface area contributed by atoms with Gasteiger partial charge in [-0.1, -0.05) is 13.0 Å². The lowest BCUT2D eigenvalue weighted by atomic mass is 10.1. The lowest BCUT2D eigenvalue weighted by molar-refractivity contribution is 0.469. The maximum absolute atomic E-state index is 5.28. The van der Waals surface area contributed by atoms with E-state index in [1.165, 1.54) is 17.7 Å². The van der Waals surface area contributed by atoms with Gasteiger partial charge in [-0.25, -0.2) is 0 Å². The molecule has 1 aromatic heterocycles. The Balaban J connectivity index is 2.34. The standard InChI is InChI=1S/C14H21NS/c1-3-5-6-8-13(15-10-4-2)12-14-9-7-11-16-14/h1,7,9,11,13,15H,4-6,8,10,12H2,2H3. The predicted octanol–water partition coefficient (Wildman–Crippen LogP) is 3.46. The van der Waals surface area contributed by atoms with Gasteiger partial charge in [-0.15, -0.1) is 23.7 Å². The average Bonchev–Trinajstić information content (AvgIpc) is 2.78. The summed E-state index contributed by atoms with van der Waals surface area (Å²) in [5.74, 6) is 2.71. The Bertz CT molecular complexity index is 297. The van der Waals surface area contributed by atoms with Crippen molar-refractivity contribution in [1.29, 1.82) is 0 Å². The Hall–Kier alpha value is -0.780. The fourth-order valence-electron chi connectivity index (χ4n) is 1.75. The minimum Gasteiger partial charge on any atom is -0.314 e. The van der Waals surface area contributed by atoms with Crippen molar-refractivity contribution < 1.29 is 0 Å². The van der Waals surface area contributed by atoms with Crippen LogP contribution in [0.3, 0.4) is 0 Å². The van der Waals surface area contributed by atoms with Crippen LogP contribution in [0.2, 0.25) is 0 Å². The second-order valence-electron chi connectivity index (χ2n) is 4.03. The molecule has 1 unspecified atom stereocenters. The normalized spacial score (nSPS) is 12.2. The highest BCUT2D eigenvalue weighted by atomic mass is 32.1. The number of rotatable bonds is 8. The number of thiophene rings is 1. The van der Waals surface area contributed by atoms with E-state index in [0.29, 0.717) is 6.04 Å². The molecule has 0 amide bonds. The molecule has 0 fully saturated rings. The summed E-state index contributed by atoms with van der Waals surface area (Å²) in [5.41, 5.74) is 0. The Morgan fingerprint density at radius 3 is 3.06 bits per heavy atom. The van der Waals surface area contributed by atoms with Crippen molar-refractivity contribution in [2.45, 2.75) is 45.1 Å². The molecule has 0 aromatic carbocycles. The molecule has 0 aliphatic rings. The van der Waals surface area contributed by atoms with Crippen LogP contribution in [0.1, 0.15) is 37.5 Å². The maximum atomic E-state index is 5.28. The second-order valence-corrected chi connectivity index (χ2v) is 5.06. The molecule has 0 saturated heterocycles. The Kier molecular flexibility index (Phi) is 6.96. The molecule has 16 heavy (non-hydrogen) atoms. The van der Waals surface area contributed by atoms with Gasteiger partial charge in [-0.3, -0.25) is 0 Å².